The van der Waals surface area contributed by atoms with Gasteiger partial charge >= 0.3 is 0 Å². The predicted octanol–water partition coefficient (Wildman–Crippen LogP) is 3.03. The van der Waals surface area contributed by atoms with E-state index in [2.05, 4.69) is 27.8 Å². The van der Waals surface area contributed by atoms with Crippen LogP contribution in [0.15, 0.2) is 22.5 Å². The summed E-state index contributed by atoms with van der Waals surface area (Å²) in [5.74, 6) is 0.567. The molecule has 0 amide bonds. The molecule has 3 N–H and O–H groups in total. The van der Waals surface area contributed by atoms with Gasteiger partial charge in [0.1, 0.15) is 0 Å². The first-order valence-electron chi connectivity index (χ1n) is 8.48. The van der Waals surface area contributed by atoms with E-state index in [-0.39, 0.29) is 5.41 Å². The number of ether oxygens (including phenoxy) is 1. The van der Waals surface area contributed by atoms with Crippen molar-refractivity contribution in [3.63, 3.8) is 0 Å². The SMILES string of the molecule is NC(=NCC1(c2cccs2)CCCCC1)NCC1CCCO1. The van der Waals surface area contributed by atoms with Gasteiger partial charge in [-0.05, 0) is 37.1 Å². The van der Waals surface area contributed by atoms with Crippen LogP contribution in [0.2, 0.25) is 0 Å². The maximum absolute atomic E-state index is 6.07. The van der Waals surface area contributed by atoms with Crippen LogP contribution >= 0.6 is 11.3 Å². The molecule has 2 heterocycles. The van der Waals surface area contributed by atoms with E-state index >= 15 is 0 Å². The molecular formula is C17H27N3OS. The summed E-state index contributed by atoms with van der Waals surface area (Å²) in [7, 11) is 0. The van der Waals surface area contributed by atoms with Crippen molar-refractivity contribution in [2.75, 3.05) is 19.7 Å². The smallest absolute Gasteiger partial charge is 0.188 e. The fourth-order valence-corrected chi connectivity index (χ4v) is 4.59. The van der Waals surface area contributed by atoms with Crippen molar-refractivity contribution in [1.29, 1.82) is 0 Å². The van der Waals surface area contributed by atoms with E-state index < -0.39 is 0 Å². The normalized spacial score (nSPS) is 25.3. The summed E-state index contributed by atoms with van der Waals surface area (Å²) in [5, 5.41) is 5.41. The van der Waals surface area contributed by atoms with Crippen LogP contribution < -0.4 is 11.1 Å². The first-order valence-corrected chi connectivity index (χ1v) is 9.36. The van der Waals surface area contributed by atoms with Crippen LogP contribution in [0.1, 0.15) is 49.8 Å². The van der Waals surface area contributed by atoms with Crippen LogP contribution in [-0.4, -0.2) is 31.8 Å². The molecular weight excluding hydrogens is 294 g/mol. The lowest BCUT2D eigenvalue weighted by molar-refractivity contribution is 0.114. The summed E-state index contributed by atoms with van der Waals surface area (Å²) in [4.78, 5) is 6.15. The number of nitrogens with one attached hydrogen (secondary N) is 1. The van der Waals surface area contributed by atoms with Crippen LogP contribution in [0.25, 0.3) is 0 Å². The average Bonchev–Trinajstić information content (AvgIpc) is 3.25. The summed E-state index contributed by atoms with van der Waals surface area (Å²) < 4.78 is 5.61. The van der Waals surface area contributed by atoms with Gasteiger partial charge in [-0.2, -0.15) is 0 Å². The van der Waals surface area contributed by atoms with Gasteiger partial charge in [0.05, 0.1) is 12.6 Å². The largest absolute Gasteiger partial charge is 0.376 e. The molecule has 1 aromatic heterocycles. The molecule has 22 heavy (non-hydrogen) atoms. The van der Waals surface area contributed by atoms with E-state index in [4.69, 9.17) is 10.5 Å². The zero-order valence-electron chi connectivity index (χ0n) is 13.2. The van der Waals surface area contributed by atoms with E-state index in [1.807, 2.05) is 11.3 Å². The minimum atomic E-state index is 0.211. The van der Waals surface area contributed by atoms with E-state index in [0.717, 1.165) is 32.5 Å². The molecule has 4 nitrogen and oxygen atoms in total. The maximum Gasteiger partial charge on any atom is 0.188 e. The Balaban J connectivity index is 1.59. The Bertz CT molecular complexity index is 474. The van der Waals surface area contributed by atoms with Crippen molar-refractivity contribution < 1.29 is 4.74 Å². The standard InChI is InChI=1S/C17H27N3OS/c18-16(19-12-14-6-4-10-21-14)20-13-17(8-2-1-3-9-17)15-7-5-11-22-15/h5,7,11,14H,1-4,6,8-10,12-13H2,(H3,18,19,20). The Morgan fingerprint density at radius 2 is 2.23 bits per heavy atom. The van der Waals surface area contributed by atoms with Gasteiger partial charge in [-0.1, -0.05) is 25.3 Å². The molecule has 0 spiro atoms. The van der Waals surface area contributed by atoms with Gasteiger partial charge in [0.25, 0.3) is 0 Å². The predicted molar refractivity (Wildman–Crippen MR) is 92.5 cm³/mol. The monoisotopic (exact) mass is 321 g/mol. The number of aliphatic imine (C=N–C) groups is 1. The van der Waals surface area contributed by atoms with Crippen LogP contribution in [0.4, 0.5) is 0 Å². The molecule has 2 fully saturated rings. The number of rotatable bonds is 5. The van der Waals surface area contributed by atoms with Gasteiger partial charge in [-0.15, -0.1) is 11.3 Å². The maximum atomic E-state index is 6.07. The molecule has 0 aromatic carbocycles. The van der Waals surface area contributed by atoms with Crippen molar-refractivity contribution in [3.8, 4) is 0 Å². The number of hydrogen-bond acceptors (Lipinski definition) is 3. The summed E-state index contributed by atoms with van der Waals surface area (Å²) in [5.41, 5.74) is 6.28. The number of guanidine groups is 1. The van der Waals surface area contributed by atoms with Crippen molar-refractivity contribution in [2.45, 2.75) is 56.5 Å². The first-order chi connectivity index (χ1) is 10.8. The van der Waals surface area contributed by atoms with Gasteiger partial charge in [0, 0.05) is 23.4 Å². The van der Waals surface area contributed by atoms with Crippen molar-refractivity contribution in [1.82, 2.24) is 5.32 Å². The average molecular weight is 321 g/mol. The van der Waals surface area contributed by atoms with Gasteiger partial charge in [0.15, 0.2) is 5.96 Å². The van der Waals surface area contributed by atoms with Gasteiger partial charge in [-0.25, -0.2) is 0 Å². The fraction of sp³-hybridized carbons (Fsp3) is 0.706. The van der Waals surface area contributed by atoms with Gasteiger partial charge in [-0.3, -0.25) is 4.99 Å². The van der Waals surface area contributed by atoms with E-state index in [9.17, 15) is 0 Å². The molecule has 2 aliphatic rings. The second kappa shape index (κ2) is 7.47. The quantitative estimate of drug-likeness (QED) is 0.647. The van der Waals surface area contributed by atoms with Crippen LogP contribution in [0.3, 0.4) is 0 Å². The zero-order chi connectivity index (χ0) is 15.3. The highest BCUT2D eigenvalue weighted by Crippen LogP contribution is 2.41. The third-order valence-electron chi connectivity index (χ3n) is 4.94. The minimum Gasteiger partial charge on any atom is -0.376 e. The molecule has 0 radical (unpaired) electrons. The molecule has 1 unspecified atom stereocenters. The lowest BCUT2D eigenvalue weighted by Gasteiger charge is -2.35. The molecule has 1 aromatic rings. The Morgan fingerprint density at radius 1 is 1.36 bits per heavy atom. The minimum absolute atomic E-state index is 0.211. The third kappa shape index (κ3) is 3.82. The second-order valence-electron chi connectivity index (χ2n) is 6.54. The highest BCUT2D eigenvalue weighted by molar-refractivity contribution is 7.10. The summed E-state index contributed by atoms with van der Waals surface area (Å²) in [6.45, 7) is 2.46. The molecule has 3 rings (SSSR count). The van der Waals surface area contributed by atoms with Gasteiger partial charge in [0.2, 0.25) is 0 Å². The Kier molecular flexibility index (Phi) is 5.37. The summed E-state index contributed by atoms with van der Waals surface area (Å²) in [6, 6.07) is 4.42. The zero-order valence-corrected chi connectivity index (χ0v) is 14.0. The highest BCUT2D eigenvalue weighted by Gasteiger charge is 2.34. The van der Waals surface area contributed by atoms with Crippen LogP contribution in [-0.2, 0) is 10.2 Å². The molecule has 0 bridgehead atoms. The lowest BCUT2D eigenvalue weighted by Crippen LogP contribution is -2.39. The Hall–Kier alpha value is -1.07. The number of nitrogens with zero attached hydrogens (tertiary/aromatic N) is 1. The second-order valence-corrected chi connectivity index (χ2v) is 7.48. The summed E-state index contributed by atoms with van der Waals surface area (Å²) >= 11 is 1.86. The molecule has 5 heteroatoms. The van der Waals surface area contributed by atoms with E-state index in [0.29, 0.717) is 12.1 Å². The highest BCUT2D eigenvalue weighted by atomic mass is 32.1. The van der Waals surface area contributed by atoms with Crippen LogP contribution in [0, 0.1) is 0 Å². The van der Waals surface area contributed by atoms with Crippen LogP contribution in [0.5, 0.6) is 0 Å². The summed E-state index contributed by atoms with van der Waals surface area (Å²) in [6.07, 6.45) is 9.00. The van der Waals surface area contributed by atoms with E-state index in [1.165, 1.54) is 37.0 Å². The van der Waals surface area contributed by atoms with Crippen molar-refractivity contribution in [2.24, 2.45) is 10.7 Å². The Labute approximate surface area is 137 Å². The number of nitrogens with two attached hydrogens (primary N) is 1. The van der Waals surface area contributed by atoms with Crippen molar-refractivity contribution in [3.05, 3.63) is 22.4 Å². The topological polar surface area (TPSA) is 59.6 Å². The molecule has 122 valence electrons. The molecule has 1 aliphatic carbocycles. The van der Waals surface area contributed by atoms with Gasteiger partial charge < -0.3 is 15.8 Å². The number of thiophene rings is 1. The first kappa shape index (κ1) is 15.8. The molecule has 1 aliphatic heterocycles. The van der Waals surface area contributed by atoms with Crippen molar-refractivity contribution >= 4 is 17.3 Å². The lowest BCUT2D eigenvalue weighted by atomic mass is 9.73. The molecule has 1 saturated carbocycles. The molecule has 1 atom stereocenters. The third-order valence-corrected chi connectivity index (χ3v) is 6.06. The fourth-order valence-electron chi connectivity index (χ4n) is 3.61. The van der Waals surface area contributed by atoms with E-state index in [1.54, 1.807) is 0 Å². The number of hydrogen-bond donors (Lipinski definition) is 2. The molecule has 1 saturated heterocycles. The Morgan fingerprint density at radius 3 is 2.91 bits per heavy atom.